The summed E-state index contributed by atoms with van der Waals surface area (Å²) in [5.41, 5.74) is 1.92. The van der Waals surface area contributed by atoms with Crippen molar-refractivity contribution < 1.29 is 9.18 Å². The van der Waals surface area contributed by atoms with E-state index in [1.165, 1.54) is 12.1 Å². The Morgan fingerprint density at radius 3 is 2.46 bits per heavy atom. The quantitative estimate of drug-likeness (QED) is 0.836. The molecule has 0 aromatic heterocycles. The summed E-state index contributed by atoms with van der Waals surface area (Å²) >= 11 is 3.45. The summed E-state index contributed by atoms with van der Waals surface area (Å²) in [6.45, 7) is 2.57. The molecule has 1 N–H and O–H groups in total. The van der Waals surface area contributed by atoms with E-state index in [-0.39, 0.29) is 17.6 Å². The molecule has 3 rings (SSSR count). The van der Waals surface area contributed by atoms with Gasteiger partial charge in [0.05, 0.1) is 5.69 Å². The number of nitrogens with one attached hydrogen (secondary N) is 1. The van der Waals surface area contributed by atoms with Gasteiger partial charge in [-0.1, -0.05) is 24.3 Å². The largest absolute Gasteiger partial charge is 0.325 e. The Hall–Kier alpha value is -1.72. The molecule has 1 heterocycles. The number of carbonyl (C=O) groups is 1. The van der Waals surface area contributed by atoms with Gasteiger partial charge < -0.3 is 5.32 Å². The predicted molar refractivity (Wildman–Crippen MR) is 97.2 cm³/mol. The van der Waals surface area contributed by atoms with Crippen LogP contribution in [0.2, 0.25) is 0 Å². The minimum Gasteiger partial charge on any atom is -0.325 e. The Morgan fingerprint density at radius 2 is 1.79 bits per heavy atom. The normalized spacial score (nSPS) is 16.1. The number of halogens is 2. The van der Waals surface area contributed by atoms with Crippen molar-refractivity contribution in [2.24, 2.45) is 5.92 Å². The fourth-order valence-corrected chi connectivity index (χ4v) is 3.38. The summed E-state index contributed by atoms with van der Waals surface area (Å²) in [4.78, 5) is 14.7. The van der Waals surface area contributed by atoms with E-state index in [1.807, 2.05) is 36.4 Å². The highest BCUT2D eigenvalue weighted by Crippen LogP contribution is 2.25. The van der Waals surface area contributed by atoms with E-state index >= 15 is 0 Å². The highest BCUT2D eigenvalue weighted by molar-refractivity contribution is 9.10. The van der Waals surface area contributed by atoms with Crippen LogP contribution < -0.4 is 5.32 Å². The molecule has 1 saturated heterocycles. The molecule has 0 unspecified atom stereocenters. The fourth-order valence-electron chi connectivity index (χ4n) is 3.00. The van der Waals surface area contributed by atoms with E-state index in [0.29, 0.717) is 0 Å². The first kappa shape index (κ1) is 17.1. The molecule has 0 atom stereocenters. The minimum absolute atomic E-state index is 0.0431. The van der Waals surface area contributed by atoms with E-state index in [2.05, 4.69) is 26.1 Å². The number of anilines is 1. The molecule has 1 aliphatic rings. The van der Waals surface area contributed by atoms with Gasteiger partial charge in [0.2, 0.25) is 5.91 Å². The molecule has 24 heavy (non-hydrogen) atoms. The molecule has 0 aliphatic carbocycles. The summed E-state index contributed by atoms with van der Waals surface area (Å²) in [6.07, 6.45) is 1.69. The fraction of sp³-hybridized carbons (Fsp3) is 0.316. The smallest absolute Gasteiger partial charge is 0.227 e. The second-order valence-corrected chi connectivity index (χ2v) is 7.00. The standard InChI is InChI=1S/C19H20BrFN2O/c20-17-3-1-2-4-18(17)22-19(24)15-9-11-23(12-10-15)13-14-5-7-16(21)8-6-14/h1-8,15H,9-13H2,(H,22,24). The van der Waals surface area contributed by atoms with Crippen LogP contribution >= 0.6 is 15.9 Å². The van der Waals surface area contributed by atoms with Crippen LogP contribution in [0.1, 0.15) is 18.4 Å². The third-order valence-corrected chi connectivity index (χ3v) is 5.10. The van der Waals surface area contributed by atoms with Crippen LogP contribution in [0, 0.1) is 11.7 Å². The van der Waals surface area contributed by atoms with Gasteiger partial charge >= 0.3 is 0 Å². The zero-order valence-electron chi connectivity index (χ0n) is 13.3. The Balaban J connectivity index is 1.50. The van der Waals surface area contributed by atoms with Crippen LogP contribution in [0.3, 0.4) is 0 Å². The van der Waals surface area contributed by atoms with Crippen molar-refractivity contribution in [2.75, 3.05) is 18.4 Å². The van der Waals surface area contributed by atoms with Crippen LogP contribution in [-0.4, -0.2) is 23.9 Å². The molecule has 2 aromatic carbocycles. The highest BCUT2D eigenvalue weighted by atomic mass is 79.9. The average molecular weight is 391 g/mol. The molecule has 1 amide bonds. The second-order valence-electron chi connectivity index (χ2n) is 6.15. The third kappa shape index (κ3) is 4.42. The van der Waals surface area contributed by atoms with Crippen LogP contribution in [0.15, 0.2) is 53.0 Å². The number of hydrogen-bond acceptors (Lipinski definition) is 2. The Kier molecular flexibility index (Phi) is 5.63. The zero-order valence-corrected chi connectivity index (χ0v) is 14.9. The number of para-hydroxylation sites is 1. The van der Waals surface area contributed by atoms with Crippen molar-refractivity contribution >= 4 is 27.5 Å². The molecule has 0 radical (unpaired) electrons. The topological polar surface area (TPSA) is 32.3 Å². The van der Waals surface area contributed by atoms with Gasteiger partial charge in [-0.05, 0) is 71.7 Å². The molecule has 3 nitrogen and oxygen atoms in total. The summed E-state index contributed by atoms with van der Waals surface area (Å²) < 4.78 is 13.8. The number of benzene rings is 2. The summed E-state index contributed by atoms with van der Waals surface area (Å²) in [5.74, 6) is -0.0777. The molecular formula is C19H20BrFN2O. The number of nitrogens with zero attached hydrogens (tertiary/aromatic N) is 1. The first-order valence-corrected chi connectivity index (χ1v) is 8.93. The Morgan fingerprint density at radius 1 is 1.12 bits per heavy atom. The average Bonchev–Trinajstić information content (AvgIpc) is 2.59. The van der Waals surface area contributed by atoms with Crippen molar-refractivity contribution in [1.29, 1.82) is 0 Å². The van der Waals surface area contributed by atoms with Gasteiger partial charge in [0, 0.05) is 16.9 Å². The summed E-state index contributed by atoms with van der Waals surface area (Å²) in [6, 6.07) is 14.3. The lowest BCUT2D eigenvalue weighted by molar-refractivity contribution is -0.121. The Bertz CT molecular complexity index is 697. The maximum absolute atomic E-state index is 13.0. The SMILES string of the molecule is O=C(Nc1ccccc1Br)C1CCN(Cc2ccc(F)cc2)CC1. The number of carbonyl (C=O) groups excluding carboxylic acids is 1. The van der Waals surface area contributed by atoms with E-state index in [0.717, 1.165) is 48.2 Å². The lowest BCUT2D eigenvalue weighted by Gasteiger charge is -2.31. The second kappa shape index (κ2) is 7.90. The van der Waals surface area contributed by atoms with E-state index < -0.39 is 0 Å². The Labute approximate surface area is 150 Å². The van der Waals surface area contributed by atoms with Crippen LogP contribution in [0.5, 0.6) is 0 Å². The van der Waals surface area contributed by atoms with Gasteiger partial charge in [0.1, 0.15) is 5.82 Å². The monoisotopic (exact) mass is 390 g/mol. The van der Waals surface area contributed by atoms with Gasteiger partial charge in [0.15, 0.2) is 0 Å². The maximum atomic E-state index is 13.0. The number of rotatable bonds is 4. The molecule has 1 aliphatic heterocycles. The molecule has 0 saturated carbocycles. The number of hydrogen-bond donors (Lipinski definition) is 1. The molecule has 1 fully saturated rings. The molecule has 0 spiro atoms. The number of likely N-dealkylation sites (tertiary alicyclic amines) is 1. The third-order valence-electron chi connectivity index (χ3n) is 4.41. The molecular weight excluding hydrogens is 371 g/mol. The maximum Gasteiger partial charge on any atom is 0.227 e. The van der Waals surface area contributed by atoms with E-state index in [4.69, 9.17) is 0 Å². The van der Waals surface area contributed by atoms with Crippen molar-refractivity contribution in [1.82, 2.24) is 4.90 Å². The molecule has 5 heteroatoms. The van der Waals surface area contributed by atoms with Crippen molar-refractivity contribution in [3.63, 3.8) is 0 Å². The first-order valence-electron chi connectivity index (χ1n) is 8.14. The number of amides is 1. The van der Waals surface area contributed by atoms with E-state index in [1.54, 1.807) is 0 Å². The van der Waals surface area contributed by atoms with Crippen LogP contribution in [0.4, 0.5) is 10.1 Å². The van der Waals surface area contributed by atoms with Gasteiger partial charge in [-0.25, -0.2) is 4.39 Å². The zero-order chi connectivity index (χ0) is 16.9. The molecule has 126 valence electrons. The van der Waals surface area contributed by atoms with Gasteiger partial charge in [-0.2, -0.15) is 0 Å². The van der Waals surface area contributed by atoms with Crippen molar-refractivity contribution in [3.8, 4) is 0 Å². The summed E-state index contributed by atoms with van der Waals surface area (Å²) in [7, 11) is 0. The highest BCUT2D eigenvalue weighted by Gasteiger charge is 2.25. The van der Waals surface area contributed by atoms with Crippen LogP contribution in [0.25, 0.3) is 0 Å². The van der Waals surface area contributed by atoms with Gasteiger partial charge in [-0.3, -0.25) is 9.69 Å². The summed E-state index contributed by atoms with van der Waals surface area (Å²) in [5, 5.41) is 3.00. The van der Waals surface area contributed by atoms with Gasteiger partial charge in [0.25, 0.3) is 0 Å². The lowest BCUT2D eigenvalue weighted by atomic mass is 9.95. The molecule has 0 bridgehead atoms. The van der Waals surface area contributed by atoms with Gasteiger partial charge in [-0.15, -0.1) is 0 Å². The lowest BCUT2D eigenvalue weighted by Crippen LogP contribution is -2.37. The van der Waals surface area contributed by atoms with Crippen molar-refractivity contribution in [3.05, 3.63) is 64.4 Å². The number of piperidine rings is 1. The predicted octanol–water partition coefficient (Wildman–Crippen LogP) is 4.44. The van der Waals surface area contributed by atoms with Crippen molar-refractivity contribution in [2.45, 2.75) is 19.4 Å². The molecule has 2 aromatic rings. The first-order chi connectivity index (χ1) is 11.6. The van der Waals surface area contributed by atoms with Crippen LogP contribution in [-0.2, 0) is 11.3 Å². The minimum atomic E-state index is -0.207. The van der Waals surface area contributed by atoms with E-state index in [9.17, 15) is 9.18 Å².